The molecule has 0 spiro atoms. The monoisotopic (exact) mass is 437 g/mol. The average Bonchev–Trinajstić information content (AvgIpc) is 3.07. The smallest absolute Gasteiger partial charge is 0.363 e. The van der Waals surface area contributed by atoms with Gasteiger partial charge >= 0.3 is 5.97 Å². The van der Waals surface area contributed by atoms with E-state index in [1.165, 1.54) is 0 Å². The summed E-state index contributed by atoms with van der Waals surface area (Å²) >= 11 is 3.45. The Labute approximate surface area is 170 Å². The topological polar surface area (TPSA) is 57.1 Å². The molecule has 5 nitrogen and oxygen atoms in total. The highest BCUT2D eigenvalue weighted by molar-refractivity contribution is 9.10. The van der Waals surface area contributed by atoms with Crippen LogP contribution in [0.1, 0.15) is 11.1 Å². The number of ether oxygens (including phenoxy) is 3. The standard InChI is InChI=1S/C22H16BrNO4/c1-26-19-11-13(9-17(23)20(19)27-2)10-18-22(25)28-21(24-18)16-8-7-14-5-3-4-6-15(14)12-16/h3-12H,1-2H3. The largest absolute Gasteiger partial charge is 0.493 e. The van der Waals surface area contributed by atoms with Gasteiger partial charge in [-0.3, -0.25) is 0 Å². The Bertz CT molecular complexity index is 1150. The van der Waals surface area contributed by atoms with Crippen molar-refractivity contribution in [3.05, 3.63) is 75.9 Å². The zero-order valence-corrected chi connectivity index (χ0v) is 16.8. The van der Waals surface area contributed by atoms with Gasteiger partial charge in [0.15, 0.2) is 17.2 Å². The van der Waals surface area contributed by atoms with Gasteiger partial charge in [0.1, 0.15) is 0 Å². The van der Waals surface area contributed by atoms with Crippen LogP contribution in [0.5, 0.6) is 11.5 Å². The molecular formula is C22H16BrNO4. The number of hydrogen-bond acceptors (Lipinski definition) is 5. The number of rotatable bonds is 4. The predicted molar refractivity (Wildman–Crippen MR) is 112 cm³/mol. The molecule has 0 amide bonds. The van der Waals surface area contributed by atoms with E-state index in [0.29, 0.717) is 21.9 Å². The second-order valence-corrected chi connectivity index (χ2v) is 6.99. The van der Waals surface area contributed by atoms with Crippen molar-refractivity contribution in [2.75, 3.05) is 14.2 Å². The summed E-state index contributed by atoms with van der Waals surface area (Å²) in [5.74, 6) is 0.934. The zero-order chi connectivity index (χ0) is 19.7. The molecule has 0 aliphatic carbocycles. The number of cyclic esters (lactones) is 1. The van der Waals surface area contributed by atoms with Crippen molar-refractivity contribution in [2.45, 2.75) is 0 Å². The van der Waals surface area contributed by atoms with E-state index in [4.69, 9.17) is 14.2 Å². The van der Waals surface area contributed by atoms with E-state index in [1.807, 2.05) is 48.5 Å². The molecule has 0 radical (unpaired) electrons. The van der Waals surface area contributed by atoms with Crippen LogP contribution in [0.4, 0.5) is 0 Å². The van der Waals surface area contributed by atoms with Gasteiger partial charge < -0.3 is 14.2 Å². The Morgan fingerprint density at radius 1 is 1.00 bits per heavy atom. The van der Waals surface area contributed by atoms with Gasteiger partial charge in [-0.15, -0.1) is 0 Å². The molecule has 28 heavy (non-hydrogen) atoms. The van der Waals surface area contributed by atoms with Crippen LogP contribution in [0.3, 0.4) is 0 Å². The van der Waals surface area contributed by atoms with E-state index in [9.17, 15) is 4.79 Å². The van der Waals surface area contributed by atoms with E-state index in [2.05, 4.69) is 20.9 Å². The third kappa shape index (κ3) is 3.39. The summed E-state index contributed by atoms with van der Waals surface area (Å²) in [6, 6.07) is 17.4. The molecule has 0 bridgehead atoms. The first-order valence-corrected chi connectivity index (χ1v) is 9.31. The maximum absolute atomic E-state index is 12.3. The molecule has 0 N–H and O–H groups in total. The Kier molecular flexibility index (Phi) is 4.88. The van der Waals surface area contributed by atoms with E-state index >= 15 is 0 Å². The maximum atomic E-state index is 12.3. The first kappa shape index (κ1) is 18.3. The summed E-state index contributed by atoms with van der Waals surface area (Å²) in [6.45, 7) is 0. The van der Waals surface area contributed by atoms with Gasteiger partial charge in [-0.2, -0.15) is 0 Å². The van der Waals surface area contributed by atoms with Gasteiger partial charge in [0.05, 0.1) is 18.7 Å². The number of methoxy groups -OCH3 is 2. The highest BCUT2D eigenvalue weighted by atomic mass is 79.9. The first-order valence-electron chi connectivity index (χ1n) is 8.52. The zero-order valence-electron chi connectivity index (χ0n) is 15.2. The number of halogens is 1. The molecule has 3 aromatic rings. The molecule has 4 rings (SSSR count). The van der Waals surface area contributed by atoms with E-state index in [-0.39, 0.29) is 5.70 Å². The summed E-state index contributed by atoms with van der Waals surface area (Å²) < 4.78 is 16.8. The van der Waals surface area contributed by atoms with E-state index < -0.39 is 5.97 Å². The van der Waals surface area contributed by atoms with Gasteiger partial charge in [0.25, 0.3) is 0 Å². The number of fused-ring (bicyclic) bond motifs is 1. The van der Waals surface area contributed by atoms with Crippen LogP contribution in [0.2, 0.25) is 0 Å². The molecule has 3 aromatic carbocycles. The van der Waals surface area contributed by atoms with E-state index in [0.717, 1.165) is 21.9 Å². The summed E-state index contributed by atoms with van der Waals surface area (Å²) in [6.07, 6.45) is 1.66. The SMILES string of the molecule is COc1cc(C=C2N=C(c3ccc4ccccc4c3)OC2=O)cc(Br)c1OC. The number of carbonyl (C=O) groups is 1. The second-order valence-electron chi connectivity index (χ2n) is 6.14. The number of benzene rings is 3. The Morgan fingerprint density at radius 2 is 1.79 bits per heavy atom. The van der Waals surface area contributed by atoms with Gasteiger partial charge in [-0.25, -0.2) is 9.79 Å². The van der Waals surface area contributed by atoms with Gasteiger partial charge in [0, 0.05) is 5.56 Å². The quantitative estimate of drug-likeness (QED) is 0.427. The van der Waals surface area contributed by atoms with Crippen molar-refractivity contribution in [3.8, 4) is 11.5 Å². The number of aliphatic imine (C=N–C) groups is 1. The van der Waals surface area contributed by atoms with Crippen LogP contribution in [0, 0.1) is 0 Å². The van der Waals surface area contributed by atoms with Crippen LogP contribution < -0.4 is 9.47 Å². The second kappa shape index (κ2) is 7.48. The molecule has 0 atom stereocenters. The molecule has 0 fully saturated rings. The summed E-state index contributed by atoms with van der Waals surface area (Å²) in [5, 5.41) is 2.17. The van der Waals surface area contributed by atoms with E-state index in [1.54, 1.807) is 26.4 Å². The van der Waals surface area contributed by atoms with Crippen LogP contribution in [0.15, 0.2) is 69.8 Å². The number of esters is 1. The lowest BCUT2D eigenvalue weighted by Gasteiger charge is -2.10. The Morgan fingerprint density at radius 3 is 2.54 bits per heavy atom. The average molecular weight is 438 g/mol. The lowest BCUT2D eigenvalue weighted by atomic mass is 10.1. The minimum atomic E-state index is -0.492. The third-order valence-electron chi connectivity index (χ3n) is 4.38. The highest BCUT2D eigenvalue weighted by Crippen LogP contribution is 2.37. The molecule has 1 heterocycles. The lowest BCUT2D eigenvalue weighted by Crippen LogP contribution is -2.05. The van der Waals surface area contributed by atoms with Crippen LogP contribution in [-0.2, 0) is 9.53 Å². The highest BCUT2D eigenvalue weighted by Gasteiger charge is 2.24. The first-order chi connectivity index (χ1) is 13.6. The molecule has 0 aromatic heterocycles. The molecule has 1 aliphatic heterocycles. The maximum Gasteiger partial charge on any atom is 0.363 e. The summed E-state index contributed by atoms with van der Waals surface area (Å²) in [5.41, 5.74) is 1.71. The molecule has 6 heteroatoms. The molecule has 0 unspecified atom stereocenters. The lowest BCUT2D eigenvalue weighted by molar-refractivity contribution is -0.129. The number of carbonyl (C=O) groups excluding carboxylic acids is 1. The summed E-state index contributed by atoms with van der Waals surface area (Å²) in [7, 11) is 3.12. The molecular weight excluding hydrogens is 422 g/mol. The van der Waals surface area contributed by atoms with Crippen molar-refractivity contribution in [3.63, 3.8) is 0 Å². The normalized spacial score (nSPS) is 14.9. The molecule has 140 valence electrons. The van der Waals surface area contributed by atoms with Crippen molar-refractivity contribution in [1.29, 1.82) is 0 Å². The molecule has 0 saturated heterocycles. The van der Waals surface area contributed by atoms with Crippen LogP contribution in [-0.4, -0.2) is 26.1 Å². The van der Waals surface area contributed by atoms with Gasteiger partial charge in [-0.1, -0.05) is 30.3 Å². The fourth-order valence-corrected chi connectivity index (χ4v) is 3.66. The minimum Gasteiger partial charge on any atom is -0.493 e. The fourth-order valence-electron chi connectivity index (χ4n) is 3.03. The van der Waals surface area contributed by atoms with Crippen molar-refractivity contribution < 1.29 is 19.0 Å². The van der Waals surface area contributed by atoms with Crippen molar-refractivity contribution in [2.24, 2.45) is 4.99 Å². The molecule has 1 aliphatic rings. The van der Waals surface area contributed by atoms with Crippen LogP contribution >= 0.6 is 15.9 Å². The Balaban J connectivity index is 1.71. The Hall–Kier alpha value is -3.12. The number of hydrogen-bond donors (Lipinski definition) is 0. The predicted octanol–water partition coefficient (Wildman–Crippen LogP) is 4.96. The minimum absolute atomic E-state index is 0.224. The van der Waals surface area contributed by atoms with Gasteiger partial charge in [-0.05, 0) is 62.6 Å². The molecule has 0 saturated carbocycles. The van der Waals surface area contributed by atoms with Crippen LogP contribution in [0.25, 0.3) is 16.8 Å². The van der Waals surface area contributed by atoms with Gasteiger partial charge in [0.2, 0.25) is 5.90 Å². The van der Waals surface area contributed by atoms with Crippen molar-refractivity contribution >= 4 is 44.6 Å². The third-order valence-corrected chi connectivity index (χ3v) is 4.97. The van der Waals surface area contributed by atoms with Crippen molar-refractivity contribution in [1.82, 2.24) is 0 Å². The fraction of sp³-hybridized carbons (Fsp3) is 0.0909. The number of nitrogens with zero attached hydrogens (tertiary/aromatic N) is 1. The summed E-state index contributed by atoms with van der Waals surface area (Å²) in [4.78, 5) is 16.7.